The van der Waals surface area contributed by atoms with Crippen molar-refractivity contribution in [2.75, 3.05) is 6.54 Å². The fourth-order valence-corrected chi connectivity index (χ4v) is 3.32. The molecule has 3 heteroatoms. The van der Waals surface area contributed by atoms with E-state index in [9.17, 15) is 0 Å². The summed E-state index contributed by atoms with van der Waals surface area (Å²) in [6.07, 6.45) is 1.11. The minimum absolute atomic E-state index is 0.194. The van der Waals surface area contributed by atoms with E-state index in [1.54, 1.807) is 11.3 Å². The van der Waals surface area contributed by atoms with Crippen LogP contribution in [0.4, 0.5) is 0 Å². The highest BCUT2D eigenvalue weighted by Crippen LogP contribution is 2.32. The van der Waals surface area contributed by atoms with Crippen LogP contribution >= 0.6 is 22.9 Å². The Labute approximate surface area is 124 Å². The van der Waals surface area contributed by atoms with E-state index >= 15 is 0 Å². The molecule has 0 saturated heterocycles. The van der Waals surface area contributed by atoms with E-state index in [2.05, 4.69) is 49.7 Å². The van der Waals surface area contributed by atoms with Crippen molar-refractivity contribution in [2.24, 2.45) is 0 Å². The van der Waals surface area contributed by atoms with Crippen LogP contribution in [0, 0.1) is 13.8 Å². The number of hydrogen-bond donors (Lipinski definition) is 1. The molecule has 0 spiro atoms. The molecule has 1 unspecified atom stereocenters. The van der Waals surface area contributed by atoms with Crippen molar-refractivity contribution >= 4 is 22.9 Å². The van der Waals surface area contributed by atoms with Gasteiger partial charge in [-0.15, -0.1) is 11.3 Å². The molecular formula is C16H20ClNS. The second-order valence-corrected chi connectivity index (χ2v) is 6.37. The van der Waals surface area contributed by atoms with E-state index < -0.39 is 0 Å². The minimum atomic E-state index is 0.194. The molecule has 0 aliphatic heterocycles. The van der Waals surface area contributed by atoms with Gasteiger partial charge in [-0.1, -0.05) is 30.7 Å². The van der Waals surface area contributed by atoms with Gasteiger partial charge in [0.05, 0.1) is 6.04 Å². The van der Waals surface area contributed by atoms with Gasteiger partial charge in [0.15, 0.2) is 0 Å². The topological polar surface area (TPSA) is 12.0 Å². The zero-order valence-electron chi connectivity index (χ0n) is 11.7. The largest absolute Gasteiger partial charge is 0.306 e. The Balaban J connectivity index is 2.40. The summed E-state index contributed by atoms with van der Waals surface area (Å²) in [5.41, 5.74) is 3.71. The van der Waals surface area contributed by atoms with Gasteiger partial charge in [0.2, 0.25) is 0 Å². The quantitative estimate of drug-likeness (QED) is 0.808. The highest BCUT2D eigenvalue weighted by molar-refractivity contribution is 7.10. The van der Waals surface area contributed by atoms with E-state index in [-0.39, 0.29) is 6.04 Å². The van der Waals surface area contributed by atoms with Crippen molar-refractivity contribution in [3.05, 3.63) is 56.2 Å². The number of nitrogens with one attached hydrogen (secondary N) is 1. The molecule has 0 bridgehead atoms. The van der Waals surface area contributed by atoms with Gasteiger partial charge in [-0.3, -0.25) is 0 Å². The van der Waals surface area contributed by atoms with Crippen LogP contribution in [0.15, 0.2) is 29.6 Å². The van der Waals surface area contributed by atoms with E-state index in [4.69, 9.17) is 11.6 Å². The molecule has 0 saturated carbocycles. The van der Waals surface area contributed by atoms with Gasteiger partial charge in [0, 0.05) is 9.90 Å². The lowest BCUT2D eigenvalue weighted by atomic mass is 9.98. The van der Waals surface area contributed by atoms with Crippen molar-refractivity contribution in [2.45, 2.75) is 33.2 Å². The average Bonchev–Trinajstić information content (AvgIpc) is 2.78. The number of hydrogen-bond acceptors (Lipinski definition) is 2. The first kappa shape index (κ1) is 14.6. The highest BCUT2D eigenvalue weighted by atomic mass is 35.5. The van der Waals surface area contributed by atoms with Crippen molar-refractivity contribution in [3.63, 3.8) is 0 Å². The maximum absolute atomic E-state index is 6.44. The van der Waals surface area contributed by atoms with Gasteiger partial charge in [0.25, 0.3) is 0 Å². The van der Waals surface area contributed by atoms with Crippen molar-refractivity contribution in [3.8, 4) is 0 Å². The van der Waals surface area contributed by atoms with Crippen LogP contribution in [-0.4, -0.2) is 6.54 Å². The molecule has 0 fully saturated rings. The second kappa shape index (κ2) is 6.56. The zero-order chi connectivity index (χ0) is 13.8. The molecule has 1 aromatic carbocycles. The standard InChI is InChI=1S/C16H20ClNS/c1-4-8-18-16(13-7-9-19-12(13)3)14-6-5-11(2)10-15(14)17/h5-7,9-10,16,18H,4,8H2,1-3H3. The summed E-state index contributed by atoms with van der Waals surface area (Å²) < 4.78 is 0. The smallest absolute Gasteiger partial charge is 0.0602 e. The lowest BCUT2D eigenvalue weighted by Gasteiger charge is -2.21. The molecule has 1 heterocycles. The average molecular weight is 294 g/mol. The Morgan fingerprint density at radius 2 is 2.00 bits per heavy atom. The lowest BCUT2D eigenvalue weighted by Crippen LogP contribution is -2.23. The number of benzene rings is 1. The van der Waals surface area contributed by atoms with E-state index in [1.165, 1.54) is 21.6 Å². The third-order valence-electron chi connectivity index (χ3n) is 3.28. The summed E-state index contributed by atoms with van der Waals surface area (Å²) in [5.74, 6) is 0. The van der Waals surface area contributed by atoms with Gasteiger partial charge in [-0.05, 0) is 61.0 Å². The molecule has 19 heavy (non-hydrogen) atoms. The summed E-state index contributed by atoms with van der Waals surface area (Å²) in [7, 11) is 0. The fraction of sp³-hybridized carbons (Fsp3) is 0.375. The molecule has 0 aliphatic carbocycles. The van der Waals surface area contributed by atoms with Crippen molar-refractivity contribution < 1.29 is 0 Å². The minimum Gasteiger partial charge on any atom is -0.306 e. The summed E-state index contributed by atoms with van der Waals surface area (Å²) in [5, 5.41) is 6.60. The molecule has 0 amide bonds. The molecular weight excluding hydrogens is 274 g/mol. The number of thiophene rings is 1. The Bertz CT molecular complexity index is 547. The Morgan fingerprint density at radius 1 is 1.21 bits per heavy atom. The van der Waals surface area contributed by atoms with Crippen molar-refractivity contribution in [1.82, 2.24) is 5.32 Å². The molecule has 0 radical (unpaired) electrons. The molecule has 2 rings (SSSR count). The molecule has 1 aromatic heterocycles. The third kappa shape index (κ3) is 3.38. The lowest BCUT2D eigenvalue weighted by molar-refractivity contribution is 0.598. The molecule has 1 nitrogen and oxygen atoms in total. The first-order valence-corrected chi connectivity index (χ1v) is 7.92. The number of aryl methyl sites for hydroxylation is 2. The summed E-state index contributed by atoms with van der Waals surface area (Å²) >= 11 is 8.22. The van der Waals surface area contributed by atoms with Crippen molar-refractivity contribution in [1.29, 1.82) is 0 Å². The van der Waals surface area contributed by atoms with Gasteiger partial charge >= 0.3 is 0 Å². The van der Waals surface area contributed by atoms with Gasteiger partial charge in [-0.25, -0.2) is 0 Å². The molecule has 2 aromatic rings. The Kier molecular flexibility index (Phi) is 5.03. The maximum Gasteiger partial charge on any atom is 0.0602 e. The van der Waals surface area contributed by atoms with Crippen LogP contribution in [-0.2, 0) is 0 Å². The molecule has 1 atom stereocenters. The number of halogens is 1. The van der Waals surface area contributed by atoms with Crippen LogP contribution in [0.1, 0.15) is 41.0 Å². The van der Waals surface area contributed by atoms with E-state index in [0.29, 0.717) is 0 Å². The first-order valence-electron chi connectivity index (χ1n) is 6.67. The summed E-state index contributed by atoms with van der Waals surface area (Å²) in [6.45, 7) is 7.41. The normalized spacial score (nSPS) is 12.6. The molecule has 0 aliphatic rings. The third-order valence-corrected chi connectivity index (χ3v) is 4.46. The zero-order valence-corrected chi connectivity index (χ0v) is 13.2. The van der Waals surface area contributed by atoms with Crippen LogP contribution in [0.25, 0.3) is 0 Å². The highest BCUT2D eigenvalue weighted by Gasteiger charge is 2.18. The van der Waals surface area contributed by atoms with Crippen LogP contribution < -0.4 is 5.32 Å². The van der Waals surface area contributed by atoms with Crippen LogP contribution in [0.2, 0.25) is 5.02 Å². The Hall–Kier alpha value is -0.830. The monoisotopic (exact) mass is 293 g/mol. The van der Waals surface area contributed by atoms with E-state index in [0.717, 1.165) is 18.0 Å². The predicted molar refractivity (Wildman–Crippen MR) is 85.4 cm³/mol. The second-order valence-electron chi connectivity index (χ2n) is 4.84. The first-order chi connectivity index (χ1) is 9.13. The van der Waals surface area contributed by atoms with Crippen LogP contribution in [0.3, 0.4) is 0 Å². The van der Waals surface area contributed by atoms with Gasteiger partial charge in [-0.2, -0.15) is 0 Å². The van der Waals surface area contributed by atoms with Gasteiger partial charge < -0.3 is 5.32 Å². The van der Waals surface area contributed by atoms with Crippen LogP contribution in [0.5, 0.6) is 0 Å². The maximum atomic E-state index is 6.44. The number of rotatable bonds is 5. The molecule has 1 N–H and O–H groups in total. The van der Waals surface area contributed by atoms with E-state index in [1.807, 2.05) is 6.07 Å². The Morgan fingerprint density at radius 3 is 2.58 bits per heavy atom. The van der Waals surface area contributed by atoms with Gasteiger partial charge in [0.1, 0.15) is 0 Å². The predicted octanol–water partition coefficient (Wildman–Crippen LogP) is 5.11. The molecule has 102 valence electrons. The summed E-state index contributed by atoms with van der Waals surface area (Å²) in [6, 6.07) is 8.70. The summed E-state index contributed by atoms with van der Waals surface area (Å²) in [4.78, 5) is 1.35. The fourth-order valence-electron chi connectivity index (χ4n) is 2.24. The SMILES string of the molecule is CCCNC(c1ccc(C)cc1Cl)c1ccsc1C.